The van der Waals surface area contributed by atoms with Crippen molar-refractivity contribution in [3.05, 3.63) is 65.7 Å². The number of benzene rings is 2. The molecule has 1 heterocycles. The molecule has 3 rings (SSSR count). The average Bonchev–Trinajstić information content (AvgIpc) is 2.40. The van der Waals surface area contributed by atoms with Gasteiger partial charge in [0, 0.05) is 11.7 Å². The summed E-state index contributed by atoms with van der Waals surface area (Å²) in [6.45, 7) is 2.20. The number of para-hydroxylation sites is 1. The molecule has 0 saturated carbocycles. The maximum Gasteiger partial charge on any atom is 0.104 e. The molecular formula is C15H16N2. The number of hydrogen-bond acceptors (Lipinski definition) is 2. The summed E-state index contributed by atoms with van der Waals surface area (Å²) in [5, 5.41) is 7.11. The highest BCUT2D eigenvalue weighted by atomic mass is 15.2. The van der Waals surface area contributed by atoms with Crippen LogP contribution in [0.3, 0.4) is 0 Å². The van der Waals surface area contributed by atoms with E-state index in [0.29, 0.717) is 6.04 Å². The molecule has 0 aliphatic carbocycles. The van der Waals surface area contributed by atoms with Crippen LogP contribution in [-0.4, -0.2) is 0 Å². The standard InChI is InChI=1S/C15H16N2/c1-11-13-9-5-6-10-14(13)17-15(16-11)12-7-3-2-4-8-12/h2-11,15-17H,1H3/t11-,15-/m1/s1. The van der Waals surface area contributed by atoms with Crippen molar-refractivity contribution in [1.82, 2.24) is 5.32 Å². The zero-order valence-electron chi connectivity index (χ0n) is 9.85. The number of nitrogens with one attached hydrogen (secondary N) is 2. The Balaban J connectivity index is 1.94. The van der Waals surface area contributed by atoms with E-state index in [1.54, 1.807) is 0 Å². The van der Waals surface area contributed by atoms with E-state index in [0.717, 1.165) is 0 Å². The molecule has 1 aliphatic rings. The van der Waals surface area contributed by atoms with Crippen LogP contribution in [0.25, 0.3) is 0 Å². The first kappa shape index (κ1) is 10.4. The van der Waals surface area contributed by atoms with Crippen molar-refractivity contribution in [2.24, 2.45) is 0 Å². The van der Waals surface area contributed by atoms with E-state index < -0.39 is 0 Å². The van der Waals surface area contributed by atoms with E-state index in [1.807, 2.05) is 6.07 Å². The second-order valence-corrected chi connectivity index (χ2v) is 4.46. The fraction of sp³-hybridized carbons (Fsp3) is 0.200. The molecule has 2 N–H and O–H groups in total. The van der Waals surface area contributed by atoms with Gasteiger partial charge in [0.2, 0.25) is 0 Å². The molecule has 2 aromatic carbocycles. The molecule has 1 aliphatic heterocycles. The van der Waals surface area contributed by atoms with Crippen molar-refractivity contribution in [1.29, 1.82) is 0 Å². The predicted molar refractivity (Wildman–Crippen MR) is 70.8 cm³/mol. The van der Waals surface area contributed by atoms with Gasteiger partial charge in [0.05, 0.1) is 0 Å². The van der Waals surface area contributed by atoms with Gasteiger partial charge in [-0.1, -0.05) is 48.5 Å². The molecule has 86 valence electrons. The van der Waals surface area contributed by atoms with Crippen LogP contribution in [0.4, 0.5) is 5.69 Å². The minimum atomic E-state index is 0.195. The molecule has 0 spiro atoms. The van der Waals surface area contributed by atoms with Crippen LogP contribution in [0.15, 0.2) is 54.6 Å². The molecular weight excluding hydrogens is 208 g/mol. The van der Waals surface area contributed by atoms with E-state index in [2.05, 4.69) is 66.1 Å². The van der Waals surface area contributed by atoms with Crippen LogP contribution >= 0.6 is 0 Å². The van der Waals surface area contributed by atoms with E-state index in [4.69, 9.17) is 0 Å². The van der Waals surface area contributed by atoms with Gasteiger partial charge in [0.15, 0.2) is 0 Å². The number of rotatable bonds is 1. The highest BCUT2D eigenvalue weighted by Gasteiger charge is 2.22. The molecule has 0 amide bonds. The molecule has 0 fully saturated rings. The smallest absolute Gasteiger partial charge is 0.104 e. The lowest BCUT2D eigenvalue weighted by Gasteiger charge is -2.33. The third kappa shape index (κ3) is 1.92. The van der Waals surface area contributed by atoms with Gasteiger partial charge in [-0.3, -0.25) is 5.32 Å². The molecule has 2 nitrogen and oxygen atoms in total. The topological polar surface area (TPSA) is 24.1 Å². The Morgan fingerprint density at radius 3 is 2.41 bits per heavy atom. The summed E-state index contributed by atoms with van der Waals surface area (Å²) in [7, 11) is 0. The van der Waals surface area contributed by atoms with Gasteiger partial charge < -0.3 is 5.32 Å². The van der Waals surface area contributed by atoms with Crippen LogP contribution in [0, 0.1) is 0 Å². The molecule has 2 aromatic rings. The van der Waals surface area contributed by atoms with E-state index >= 15 is 0 Å². The molecule has 0 aromatic heterocycles. The summed E-state index contributed by atoms with van der Waals surface area (Å²) >= 11 is 0. The van der Waals surface area contributed by atoms with Gasteiger partial charge in [-0.05, 0) is 24.1 Å². The third-order valence-corrected chi connectivity index (χ3v) is 3.28. The molecule has 2 atom stereocenters. The van der Waals surface area contributed by atoms with Gasteiger partial charge in [-0.15, -0.1) is 0 Å². The average molecular weight is 224 g/mol. The molecule has 0 radical (unpaired) electrons. The van der Waals surface area contributed by atoms with Gasteiger partial charge in [0.25, 0.3) is 0 Å². The Morgan fingerprint density at radius 2 is 1.59 bits per heavy atom. The van der Waals surface area contributed by atoms with Crippen molar-refractivity contribution < 1.29 is 0 Å². The Hall–Kier alpha value is -1.80. The molecule has 17 heavy (non-hydrogen) atoms. The van der Waals surface area contributed by atoms with Gasteiger partial charge in [-0.25, -0.2) is 0 Å². The van der Waals surface area contributed by atoms with Crippen LogP contribution < -0.4 is 10.6 Å². The lowest BCUT2D eigenvalue weighted by Crippen LogP contribution is -2.35. The normalized spacial score (nSPS) is 22.6. The second-order valence-electron chi connectivity index (χ2n) is 4.46. The molecule has 2 heteroatoms. The first-order valence-corrected chi connectivity index (χ1v) is 6.01. The summed E-state index contributed by atoms with van der Waals surface area (Å²) < 4.78 is 0. The van der Waals surface area contributed by atoms with Crippen molar-refractivity contribution in [3.63, 3.8) is 0 Å². The fourth-order valence-electron chi connectivity index (χ4n) is 2.37. The Labute approximate surface area is 102 Å². The maximum absolute atomic E-state index is 3.58. The third-order valence-electron chi connectivity index (χ3n) is 3.28. The van der Waals surface area contributed by atoms with E-state index in [-0.39, 0.29) is 6.17 Å². The van der Waals surface area contributed by atoms with E-state index in [1.165, 1.54) is 16.8 Å². The largest absolute Gasteiger partial charge is 0.366 e. The minimum Gasteiger partial charge on any atom is -0.366 e. The highest BCUT2D eigenvalue weighted by molar-refractivity contribution is 5.55. The molecule has 0 unspecified atom stereocenters. The number of hydrogen-bond donors (Lipinski definition) is 2. The monoisotopic (exact) mass is 224 g/mol. The summed E-state index contributed by atoms with van der Waals surface area (Å²) in [6, 6.07) is 19.3. The lowest BCUT2D eigenvalue weighted by molar-refractivity contribution is 0.484. The first-order valence-electron chi connectivity index (χ1n) is 6.01. The zero-order valence-corrected chi connectivity index (χ0v) is 9.85. The fourth-order valence-corrected chi connectivity index (χ4v) is 2.37. The number of anilines is 1. The molecule has 0 bridgehead atoms. The number of fused-ring (bicyclic) bond motifs is 1. The van der Waals surface area contributed by atoms with Crippen LogP contribution in [-0.2, 0) is 0 Å². The summed E-state index contributed by atoms with van der Waals surface area (Å²) in [6.07, 6.45) is 0.195. The van der Waals surface area contributed by atoms with E-state index in [9.17, 15) is 0 Å². The Bertz CT molecular complexity index is 507. The summed E-state index contributed by atoms with van der Waals surface area (Å²) in [5.74, 6) is 0. The van der Waals surface area contributed by atoms with Crippen molar-refractivity contribution in [2.75, 3.05) is 5.32 Å². The SMILES string of the molecule is C[C@H]1N[C@@H](c2ccccc2)Nc2ccccc21. The minimum absolute atomic E-state index is 0.195. The highest BCUT2D eigenvalue weighted by Crippen LogP contribution is 2.32. The lowest BCUT2D eigenvalue weighted by atomic mass is 10.0. The Kier molecular flexibility index (Phi) is 2.57. The van der Waals surface area contributed by atoms with Crippen molar-refractivity contribution >= 4 is 5.69 Å². The quantitative estimate of drug-likeness (QED) is 0.775. The van der Waals surface area contributed by atoms with Crippen LogP contribution in [0.2, 0.25) is 0 Å². The first-order chi connectivity index (χ1) is 8.34. The van der Waals surface area contributed by atoms with Crippen LogP contribution in [0.1, 0.15) is 30.3 Å². The van der Waals surface area contributed by atoms with Crippen LogP contribution in [0.5, 0.6) is 0 Å². The zero-order chi connectivity index (χ0) is 11.7. The summed E-state index contributed by atoms with van der Waals surface area (Å²) in [4.78, 5) is 0. The second kappa shape index (κ2) is 4.22. The van der Waals surface area contributed by atoms with Crippen molar-refractivity contribution in [2.45, 2.75) is 19.1 Å². The summed E-state index contributed by atoms with van der Waals surface area (Å²) in [5.41, 5.74) is 3.83. The van der Waals surface area contributed by atoms with Gasteiger partial charge in [0.1, 0.15) is 6.17 Å². The Morgan fingerprint density at radius 1 is 0.882 bits per heavy atom. The van der Waals surface area contributed by atoms with Gasteiger partial charge in [-0.2, -0.15) is 0 Å². The predicted octanol–water partition coefficient (Wildman–Crippen LogP) is 3.46. The maximum atomic E-state index is 3.58. The van der Waals surface area contributed by atoms with Gasteiger partial charge >= 0.3 is 0 Å². The molecule has 0 saturated heterocycles. The van der Waals surface area contributed by atoms with Crippen molar-refractivity contribution in [3.8, 4) is 0 Å².